The standard InChI is InChI=1S/C18H19NOS/c1-19-11-10-16(18-7-4-12-21-18)14-8-9-17(20)15-6-3-2-5-13(14)15/h2-9,12,16,19-20H,10-11H2,1H3/t16-/m0/s1. The SMILES string of the molecule is CNCC[C@H](c1cccs1)c1ccc(O)c2ccccc12. The van der Waals surface area contributed by atoms with Gasteiger partial charge in [0.05, 0.1) is 0 Å². The maximum Gasteiger partial charge on any atom is 0.123 e. The topological polar surface area (TPSA) is 32.3 Å². The van der Waals surface area contributed by atoms with Crippen molar-refractivity contribution in [2.75, 3.05) is 13.6 Å². The fourth-order valence-electron chi connectivity index (χ4n) is 2.84. The quantitative estimate of drug-likeness (QED) is 0.734. The maximum absolute atomic E-state index is 10.1. The summed E-state index contributed by atoms with van der Waals surface area (Å²) in [5.41, 5.74) is 1.29. The van der Waals surface area contributed by atoms with Gasteiger partial charge in [-0.3, -0.25) is 0 Å². The normalized spacial score (nSPS) is 12.6. The lowest BCUT2D eigenvalue weighted by atomic mass is 9.89. The highest BCUT2D eigenvalue weighted by molar-refractivity contribution is 7.10. The van der Waals surface area contributed by atoms with Gasteiger partial charge in [-0.1, -0.05) is 36.4 Å². The van der Waals surface area contributed by atoms with Crippen LogP contribution in [0.15, 0.2) is 53.9 Å². The second-order valence-electron chi connectivity index (χ2n) is 5.18. The number of phenols is 1. The summed E-state index contributed by atoms with van der Waals surface area (Å²) in [5, 5.41) is 17.5. The van der Waals surface area contributed by atoms with E-state index in [9.17, 15) is 5.11 Å². The van der Waals surface area contributed by atoms with Crippen LogP contribution >= 0.6 is 11.3 Å². The number of phenolic OH excluding ortho intramolecular Hbond substituents is 1. The predicted octanol–water partition coefficient (Wildman–Crippen LogP) is 4.35. The summed E-state index contributed by atoms with van der Waals surface area (Å²) in [7, 11) is 1.99. The van der Waals surface area contributed by atoms with Crippen LogP contribution in [0, 0.1) is 0 Å². The van der Waals surface area contributed by atoms with Gasteiger partial charge in [0.25, 0.3) is 0 Å². The van der Waals surface area contributed by atoms with E-state index in [1.807, 2.05) is 31.3 Å². The summed E-state index contributed by atoms with van der Waals surface area (Å²) in [4.78, 5) is 1.38. The zero-order valence-electron chi connectivity index (χ0n) is 12.0. The molecule has 0 amide bonds. The van der Waals surface area contributed by atoms with Crippen molar-refractivity contribution in [3.63, 3.8) is 0 Å². The maximum atomic E-state index is 10.1. The Kier molecular flexibility index (Phi) is 4.23. The van der Waals surface area contributed by atoms with Crippen LogP contribution in [0.4, 0.5) is 0 Å². The highest BCUT2D eigenvalue weighted by Gasteiger charge is 2.18. The predicted molar refractivity (Wildman–Crippen MR) is 90.3 cm³/mol. The Hall–Kier alpha value is -1.84. The highest BCUT2D eigenvalue weighted by Crippen LogP contribution is 2.37. The molecule has 3 rings (SSSR count). The van der Waals surface area contributed by atoms with E-state index >= 15 is 0 Å². The average molecular weight is 297 g/mol. The Morgan fingerprint density at radius 2 is 1.86 bits per heavy atom. The molecule has 2 N–H and O–H groups in total. The van der Waals surface area contributed by atoms with E-state index < -0.39 is 0 Å². The number of nitrogens with one attached hydrogen (secondary N) is 1. The van der Waals surface area contributed by atoms with E-state index in [0.29, 0.717) is 11.7 Å². The summed E-state index contributed by atoms with van der Waals surface area (Å²) in [6.45, 7) is 0.970. The molecule has 3 aromatic rings. The molecule has 2 nitrogen and oxygen atoms in total. The molecule has 1 heterocycles. The minimum Gasteiger partial charge on any atom is -0.507 e. The number of benzene rings is 2. The van der Waals surface area contributed by atoms with Gasteiger partial charge in [-0.2, -0.15) is 0 Å². The van der Waals surface area contributed by atoms with E-state index in [-0.39, 0.29) is 0 Å². The van der Waals surface area contributed by atoms with Gasteiger partial charge >= 0.3 is 0 Å². The van der Waals surface area contributed by atoms with Crippen molar-refractivity contribution >= 4 is 22.1 Å². The number of fused-ring (bicyclic) bond motifs is 1. The summed E-state index contributed by atoms with van der Waals surface area (Å²) >= 11 is 1.80. The molecular weight excluding hydrogens is 278 g/mol. The molecule has 2 aromatic carbocycles. The summed E-state index contributed by atoms with van der Waals surface area (Å²) in [5.74, 6) is 0.718. The molecule has 108 valence electrons. The van der Waals surface area contributed by atoms with E-state index in [4.69, 9.17) is 0 Å². The van der Waals surface area contributed by atoms with Crippen molar-refractivity contribution in [3.8, 4) is 5.75 Å². The van der Waals surface area contributed by atoms with Crippen molar-refractivity contribution in [1.82, 2.24) is 5.32 Å². The van der Waals surface area contributed by atoms with Crippen LogP contribution in [0.3, 0.4) is 0 Å². The van der Waals surface area contributed by atoms with Gasteiger partial charge in [-0.15, -0.1) is 11.3 Å². The van der Waals surface area contributed by atoms with Crippen molar-refractivity contribution in [2.24, 2.45) is 0 Å². The molecule has 0 aliphatic heterocycles. The second kappa shape index (κ2) is 6.29. The third kappa shape index (κ3) is 2.80. The van der Waals surface area contributed by atoms with Gasteiger partial charge in [0.2, 0.25) is 0 Å². The zero-order valence-corrected chi connectivity index (χ0v) is 12.9. The highest BCUT2D eigenvalue weighted by atomic mass is 32.1. The van der Waals surface area contributed by atoms with Gasteiger partial charge in [-0.05, 0) is 48.5 Å². The number of hydrogen-bond donors (Lipinski definition) is 2. The van der Waals surface area contributed by atoms with Crippen LogP contribution in [0.2, 0.25) is 0 Å². The molecular formula is C18H19NOS. The van der Waals surface area contributed by atoms with Crippen LogP contribution in [-0.4, -0.2) is 18.7 Å². The Morgan fingerprint density at radius 3 is 2.57 bits per heavy atom. The molecule has 1 atom stereocenters. The minimum absolute atomic E-state index is 0.355. The van der Waals surface area contributed by atoms with E-state index in [2.05, 4.69) is 35.0 Å². The third-order valence-electron chi connectivity index (χ3n) is 3.88. The first kappa shape index (κ1) is 14.1. The molecule has 0 saturated heterocycles. The lowest BCUT2D eigenvalue weighted by Gasteiger charge is -2.18. The number of aromatic hydroxyl groups is 1. The minimum atomic E-state index is 0.355. The molecule has 3 heteroatoms. The van der Waals surface area contributed by atoms with Crippen molar-refractivity contribution in [2.45, 2.75) is 12.3 Å². The van der Waals surface area contributed by atoms with Crippen LogP contribution in [0.5, 0.6) is 5.75 Å². The molecule has 0 saturated carbocycles. The van der Waals surface area contributed by atoms with Crippen LogP contribution < -0.4 is 5.32 Å². The molecule has 1 aromatic heterocycles. The van der Waals surface area contributed by atoms with Gasteiger partial charge in [0.15, 0.2) is 0 Å². The van der Waals surface area contributed by atoms with E-state index in [0.717, 1.165) is 23.7 Å². The van der Waals surface area contributed by atoms with Crippen molar-refractivity contribution < 1.29 is 5.11 Å². The molecule has 0 unspecified atom stereocenters. The number of thiophene rings is 1. The monoisotopic (exact) mass is 297 g/mol. The number of rotatable bonds is 5. The van der Waals surface area contributed by atoms with Crippen LogP contribution in [-0.2, 0) is 0 Å². The largest absolute Gasteiger partial charge is 0.507 e. The molecule has 0 aliphatic carbocycles. The van der Waals surface area contributed by atoms with E-state index in [1.54, 1.807) is 11.3 Å². The first-order valence-electron chi connectivity index (χ1n) is 7.20. The first-order chi connectivity index (χ1) is 10.3. The molecule has 0 fully saturated rings. The van der Waals surface area contributed by atoms with E-state index in [1.165, 1.54) is 10.4 Å². The van der Waals surface area contributed by atoms with Crippen molar-refractivity contribution in [3.05, 3.63) is 64.4 Å². The second-order valence-corrected chi connectivity index (χ2v) is 6.16. The molecule has 21 heavy (non-hydrogen) atoms. The smallest absolute Gasteiger partial charge is 0.123 e. The third-order valence-corrected chi connectivity index (χ3v) is 4.87. The Balaban J connectivity index is 2.13. The number of hydrogen-bond acceptors (Lipinski definition) is 3. The van der Waals surface area contributed by atoms with Gasteiger partial charge in [0, 0.05) is 16.2 Å². The first-order valence-corrected chi connectivity index (χ1v) is 8.08. The summed E-state index contributed by atoms with van der Waals surface area (Å²) in [6, 6.07) is 16.3. The lowest BCUT2D eigenvalue weighted by molar-refractivity contribution is 0.481. The Bertz CT molecular complexity index is 721. The molecule has 0 spiro atoms. The van der Waals surface area contributed by atoms with Gasteiger partial charge < -0.3 is 10.4 Å². The van der Waals surface area contributed by atoms with Gasteiger partial charge in [-0.25, -0.2) is 0 Å². The van der Waals surface area contributed by atoms with Crippen LogP contribution in [0.25, 0.3) is 10.8 Å². The summed E-state index contributed by atoms with van der Waals surface area (Å²) < 4.78 is 0. The fourth-order valence-corrected chi connectivity index (χ4v) is 3.72. The molecule has 0 radical (unpaired) electrons. The summed E-state index contributed by atoms with van der Waals surface area (Å²) in [6.07, 6.45) is 1.05. The Labute approximate surface area is 129 Å². The Morgan fingerprint density at radius 1 is 1.05 bits per heavy atom. The molecule has 0 bridgehead atoms. The zero-order chi connectivity index (χ0) is 14.7. The molecule has 0 aliphatic rings. The van der Waals surface area contributed by atoms with Crippen molar-refractivity contribution in [1.29, 1.82) is 0 Å². The van der Waals surface area contributed by atoms with Gasteiger partial charge in [0.1, 0.15) is 5.75 Å². The van der Waals surface area contributed by atoms with Crippen LogP contribution in [0.1, 0.15) is 22.8 Å². The average Bonchev–Trinajstić information content (AvgIpc) is 3.04. The lowest BCUT2D eigenvalue weighted by Crippen LogP contribution is -2.12. The fraction of sp³-hybridized carbons (Fsp3) is 0.222.